The number of H-pyrrole nitrogens is 1. The highest BCUT2D eigenvalue weighted by Crippen LogP contribution is 2.33. The Labute approximate surface area is 199 Å². The van der Waals surface area contributed by atoms with Crippen molar-refractivity contribution >= 4 is 10.9 Å². The van der Waals surface area contributed by atoms with Crippen molar-refractivity contribution < 1.29 is 9.47 Å². The lowest BCUT2D eigenvalue weighted by Crippen LogP contribution is -2.38. The minimum Gasteiger partial charge on any atom is -0.497 e. The van der Waals surface area contributed by atoms with Gasteiger partial charge in [0.25, 0.3) is 5.56 Å². The molecule has 1 aliphatic carbocycles. The first-order chi connectivity index (χ1) is 16.7. The SMILES string of the molecule is CC[C@H](c1nnnn1C1CCCC1)N(Cc1cc2cc(OC)ccc2[nH]c1=O)C[C@H]1CCCO1. The molecule has 34 heavy (non-hydrogen) atoms. The molecule has 2 atom stereocenters. The van der Waals surface area contributed by atoms with Gasteiger partial charge in [-0.2, -0.15) is 0 Å². The first-order valence-electron chi connectivity index (χ1n) is 12.5. The molecule has 1 saturated heterocycles. The Morgan fingerprint density at radius 1 is 1.24 bits per heavy atom. The van der Waals surface area contributed by atoms with Gasteiger partial charge >= 0.3 is 0 Å². The number of nitrogens with zero attached hydrogens (tertiary/aromatic N) is 5. The molecule has 1 aliphatic heterocycles. The second-order valence-corrected chi connectivity index (χ2v) is 9.49. The van der Waals surface area contributed by atoms with E-state index in [0.29, 0.717) is 12.6 Å². The number of tetrazole rings is 1. The van der Waals surface area contributed by atoms with Crippen LogP contribution in [0.1, 0.15) is 75.3 Å². The number of ether oxygens (including phenoxy) is 2. The molecular formula is C25H34N6O3. The van der Waals surface area contributed by atoms with Crippen molar-refractivity contribution in [2.45, 2.75) is 76.6 Å². The Morgan fingerprint density at radius 3 is 2.82 bits per heavy atom. The maximum absolute atomic E-state index is 13.0. The molecule has 3 heterocycles. The molecule has 2 aliphatic rings. The van der Waals surface area contributed by atoms with E-state index in [1.807, 2.05) is 28.9 Å². The van der Waals surface area contributed by atoms with E-state index in [4.69, 9.17) is 9.47 Å². The van der Waals surface area contributed by atoms with Crippen molar-refractivity contribution in [1.82, 2.24) is 30.1 Å². The standard InChI is InChI=1S/C25H34N6O3/c1-3-23(24-27-28-29-31(24)19-7-4-5-8-19)30(16-21-9-6-12-34-21)15-18-13-17-14-20(33-2)10-11-22(17)26-25(18)32/h10-11,13-14,19,21,23H,3-9,12,15-16H2,1-2H3,(H,26,32)/t21-,23-/m1/s1. The van der Waals surface area contributed by atoms with Crippen LogP contribution in [0.25, 0.3) is 10.9 Å². The van der Waals surface area contributed by atoms with Crippen LogP contribution in [-0.2, 0) is 11.3 Å². The lowest BCUT2D eigenvalue weighted by Gasteiger charge is -2.32. The zero-order valence-electron chi connectivity index (χ0n) is 20.1. The summed E-state index contributed by atoms with van der Waals surface area (Å²) >= 11 is 0. The van der Waals surface area contributed by atoms with E-state index < -0.39 is 0 Å². The van der Waals surface area contributed by atoms with Crippen molar-refractivity contribution in [3.8, 4) is 5.75 Å². The predicted octanol–water partition coefficient (Wildman–Crippen LogP) is 3.77. The molecule has 0 spiro atoms. The molecule has 0 radical (unpaired) electrons. The molecule has 0 bridgehead atoms. The summed E-state index contributed by atoms with van der Waals surface area (Å²) in [4.78, 5) is 18.4. The Balaban J connectivity index is 1.49. The number of methoxy groups -OCH3 is 1. The van der Waals surface area contributed by atoms with Gasteiger partial charge < -0.3 is 14.5 Å². The maximum Gasteiger partial charge on any atom is 0.252 e. The summed E-state index contributed by atoms with van der Waals surface area (Å²) in [6, 6.07) is 8.04. The second-order valence-electron chi connectivity index (χ2n) is 9.49. The smallest absolute Gasteiger partial charge is 0.252 e. The van der Waals surface area contributed by atoms with Crippen LogP contribution < -0.4 is 10.3 Å². The third kappa shape index (κ3) is 4.72. The van der Waals surface area contributed by atoms with Crippen molar-refractivity contribution in [1.29, 1.82) is 0 Å². The fraction of sp³-hybridized carbons (Fsp3) is 0.600. The minimum absolute atomic E-state index is 0.000191. The molecule has 0 unspecified atom stereocenters. The number of fused-ring (bicyclic) bond motifs is 1. The maximum atomic E-state index is 13.0. The van der Waals surface area contributed by atoms with Crippen molar-refractivity contribution in [3.05, 3.63) is 46.0 Å². The third-order valence-electron chi connectivity index (χ3n) is 7.28. The summed E-state index contributed by atoms with van der Waals surface area (Å²) in [5, 5.41) is 13.9. The van der Waals surface area contributed by atoms with Gasteiger partial charge in [-0.15, -0.1) is 5.10 Å². The Kier molecular flexibility index (Phi) is 6.92. The van der Waals surface area contributed by atoms with Gasteiger partial charge in [0.2, 0.25) is 0 Å². The highest BCUT2D eigenvalue weighted by atomic mass is 16.5. The summed E-state index contributed by atoms with van der Waals surface area (Å²) < 4.78 is 13.4. The number of pyridine rings is 1. The second kappa shape index (κ2) is 10.2. The monoisotopic (exact) mass is 466 g/mol. The number of hydrogen-bond acceptors (Lipinski definition) is 7. The van der Waals surface area contributed by atoms with Crippen LogP contribution in [0, 0.1) is 0 Å². The molecule has 9 nitrogen and oxygen atoms in total. The van der Waals surface area contributed by atoms with Crippen molar-refractivity contribution in [2.24, 2.45) is 0 Å². The average molecular weight is 467 g/mol. The zero-order chi connectivity index (χ0) is 23.5. The lowest BCUT2D eigenvalue weighted by atomic mass is 10.1. The molecule has 3 aromatic rings. The molecule has 5 rings (SSSR count). The largest absolute Gasteiger partial charge is 0.497 e. The summed E-state index contributed by atoms with van der Waals surface area (Å²) in [6.45, 7) is 4.20. The van der Waals surface area contributed by atoms with E-state index in [2.05, 4.69) is 32.3 Å². The summed E-state index contributed by atoms with van der Waals surface area (Å²) in [5.74, 6) is 1.66. The number of nitrogens with one attached hydrogen (secondary N) is 1. The number of benzene rings is 1. The van der Waals surface area contributed by atoms with Gasteiger partial charge in [-0.3, -0.25) is 9.69 Å². The normalized spacial score (nSPS) is 19.9. The van der Waals surface area contributed by atoms with E-state index in [-0.39, 0.29) is 17.7 Å². The predicted molar refractivity (Wildman–Crippen MR) is 129 cm³/mol. The van der Waals surface area contributed by atoms with Gasteiger partial charge in [0.1, 0.15) is 5.75 Å². The molecule has 1 N–H and O–H groups in total. The van der Waals surface area contributed by atoms with Gasteiger partial charge in [0.15, 0.2) is 5.82 Å². The average Bonchev–Trinajstić information content (AvgIpc) is 3.62. The topological polar surface area (TPSA) is 98.2 Å². The molecule has 1 aromatic carbocycles. The van der Waals surface area contributed by atoms with Gasteiger partial charge in [-0.05, 0) is 66.8 Å². The zero-order valence-corrected chi connectivity index (χ0v) is 20.1. The first-order valence-corrected chi connectivity index (χ1v) is 12.5. The fourth-order valence-electron chi connectivity index (χ4n) is 5.48. The molecule has 0 amide bonds. The summed E-state index contributed by atoms with van der Waals surface area (Å²) in [6.07, 6.45) is 7.78. The van der Waals surface area contributed by atoms with E-state index in [0.717, 1.165) is 73.3 Å². The Hall–Kier alpha value is -2.78. The minimum atomic E-state index is -0.0692. The van der Waals surface area contributed by atoms with Crippen LogP contribution in [0.15, 0.2) is 29.1 Å². The van der Waals surface area contributed by atoms with Crippen LogP contribution in [-0.4, -0.2) is 56.5 Å². The Morgan fingerprint density at radius 2 is 2.09 bits per heavy atom. The molecule has 2 fully saturated rings. The number of aromatic nitrogens is 5. The fourth-order valence-corrected chi connectivity index (χ4v) is 5.48. The van der Waals surface area contributed by atoms with Crippen LogP contribution in [0.3, 0.4) is 0 Å². The quantitative estimate of drug-likeness (QED) is 0.512. The summed E-state index contributed by atoms with van der Waals surface area (Å²) in [7, 11) is 1.65. The van der Waals surface area contributed by atoms with E-state index >= 15 is 0 Å². The van der Waals surface area contributed by atoms with Gasteiger partial charge in [0.05, 0.1) is 25.3 Å². The van der Waals surface area contributed by atoms with Gasteiger partial charge in [0, 0.05) is 36.2 Å². The van der Waals surface area contributed by atoms with Crippen LogP contribution in [0.4, 0.5) is 0 Å². The molecular weight excluding hydrogens is 432 g/mol. The third-order valence-corrected chi connectivity index (χ3v) is 7.28. The van der Waals surface area contributed by atoms with E-state index in [9.17, 15) is 4.79 Å². The highest BCUT2D eigenvalue weighted by molar-refractivity contribution is 5.80. The number of hydrogen-bond donors (Lipinski definition) is 1. The first kappa shape index (κ1) is 23.0. The van der Waals surface area contributed by atoms with Crippen LogP contribution in [0.2, 0.25) is 0 Å². The van der Waals surface area contributed by atoms with Crippen molar-refractivity contribution in [2.75, 3.05) is 20.3 Å². The lowest BCUT2D eigenvalue weighted by molar-refractivity contribution is 0.0484. The Bertz CT molecular complexity index is 1160. The van der Waals surface area contributed by atoms with Crippen molar-refractivity contribution in [3.63, 3.8) is 0 Å². The number of rotatable bonds is 9. The molecule has 9 heteroatoms. The molecule has 2 aromatic heterocycles. The van der Waals surface area contributed by atoms with E-state index in [1.54, 1.807) is 7.11 Å². The molecule has 182 valence electrons. The highest BCUT2D eigenvalue weighted by Gasteiger charge is 2.31. The van der Waals surface area contributed by atoms with Crippen LogP contribution >= 0.6 is 0 Å². The summed E-state index contributed by atoms with van der Waals surface area (Å²) in [5.41, 5.74) is 1.45. The number of aromatic amines is 1. The van der Waals surface area contributed by atoms with Gasteiger partial charge in [-0.1, -0.05) is 19.8 Å². The van der Waals surface area contributed by atoms with Crippen LogP contribution in [0.5, 0.6) is 5.75 Å². The molecule has 1 saturated carbocycles. The van der Waals surface area contributed by atoms with E-state index in [1.165, 1.54) is 12.8 Å². The van der Waals surface area contributed by atoms with Gasteiger partial charge in [-0.25, -0.2) is 4.68 Å².